The van der Waals surface area contributed by atoms with Crippen molar-refractivity contribution < 1.29 is 18.8 Å². The molecule has 0 aliphatic rings. The van der Waals surface area contributed by atoms with E-state index in [4.69, 9.17) is 4.74 Å². The summed E-state index contributed by atoms with van der Waals surface area (Å²) in [6.45, 7) is 3.15. The summed E-state index contributed by atoms with van der Waals surface area (Å²) < 4.78 is 18.0. The van der Waals surface area contributed by atoms with Crippen LogP contribution in [0.5, 0.6) is 5.75 Å². The molecule has 0 spiro atoms. The average molecular weight is 318 g/mol. The minimum atomic E-state index is -0.553. The summed E-state index contributed by atoms with van der Waals surface area (Å²) in [7, 11) is 0. The summed E-state index contributed by atoms with van der Waals surface area (Å²) in [5.74, 6) is -0.615. The molecule has 0 radical (unpaired) electrons. The fraction of sp³-hybridized carbons (Fsp3) is 0.188. The van der Waals surface area contributed by atoms with E-state index in [1.165, 1.54) is 30.3 Å². The molecule has 0 unspecified atom stereocenters. The zero-order valence-electron chi connectivity index (χ0n) is 12.6. The molecule has 1 N–H and O–H groups in total. The van der Waals surface area contributed by atoms with Gasteiger partial charge in [0.05, 0.1) is 4.92 Å². The van der Waals surface area contributed by atoms with Gasteiger partial charge in [0, 0.05) is 6.07 Å². The molecule has 0 atom stereocenters. The molecule has 7 heteroatoms. The first-order valence-electron chi connectivity index (χ1n) is 6.81. The van der Waals surface area contributed by atoms with Crippen LogP contribution in [-0.2, 0) is 4.79 Å². The lowest BCUT2D eigenvalue weighted by molar-refractivity contribution is -0.384. The highest BCUT2D eigenvalue weighted by molar-refractivity contribution is 5.95. The number of amides is 1. The molecule has 6 nitrogen and oxygen atoms in total. The van der Waals surface area contributed by atoms with Gasteiger partial charge in [-0.2, -0.15) is 0 Å². The van der Waals surface area contributed by atoms with E-state index < -0.39 is 16.6 Å². The molecule has 0 heterocycles. The summed E-state index contributed by atoms with van der Waals surface area (Å²) in [4.78, 5) is 22.5. The van der Waals surface area contributed by atoms with E-state index in [-0.39, 0.29) is 18.0 Å². The highest BCUT2D eigenvalue weighted by Crippen LogP contribution is 2.30. The molecule has 2 aromatic carbocycles. The molecule has 2 rings (SSSR count). The van der Waals surface area contributed by atoms with Crippen LogP contribution in [0.4, 0.5) is 15.8 Å². The molecule has 0 aliphatic heterocycles. The Balaban J connectivity index is 2.09. The Kier molecular flexibility index (Phi) is 4.90. The lowest BCUT2D eigenvalue weighted by Gasteiger charge is -2.11. The topological polar surface area (TPSA) is 81.5 Å². The standard InChI is InChI=1S/C16H15FN2O4/c1-10-3-8-14(19(21)22)16(11(10)2)18-15(20)9-23-13-6-4-12(17)5-7-13/h3-8H,9H2,1-2H3,(H,18,20). The van der Waals surface area contributed by atoms with Gasteiger partial charge in [-0.25, -0.2) is 4.39 Å². The first kappa shape index (κ1) is 16.4. The van der Waals surface area contributed by atoms with Gasteiger partial charge in [0.15, 0.2) is 6.61 Å². The second-order valence-corrected chi connectivity index (χ2v) is 4.95. The van der Waals surface area contributed by atoms with Crippen LogP contribution in [0, 0.1) is 29.8 Å². The first-order chi connectivity index (χ1) is 10.9. The van der Waals surface area contributed by atoms with Crippen molar-refractivity contribution in [2.75, 3.05) is 11.9 Å². The van der Waals surface area contributed by atoms with E-state index in [9.17, 15) is 19.3 Å². The van der Waals surface area contributed by atoms with Crippen LogP contribution < -0.4 is 10.1 Å². The molecule has 0 saturated carbocycles. The van der Waals surface area contributed by atoms with Crippen molar-refractivity contribution in [3.63, 3.8) is 0 Å². The van der Waals surface area contributed by atoms with Gasteiger partial charge in [0.25, 0.3) is 11.6 Å². The number of nitrogens with zero attached hydrogens (tertiary/aromatic N) is 1. The van der Waals surface area contributed by atoms with Gasteiger partial charge in [0.1, 0.15) is 17.3 Å². The number of benzene rings is 2. The second-order valence-electron chi connectivity index (χ2n) is 4.95. The maximum absolute atomic E-state index is 12.8. The number of anilines is 1. The van der Waals surface area contributed by atoms with Gasteiger partial charge in [-0.05, 0) is 49.2 Å². The lowest BCUT2D eigenvalue weighted by Crippen LogP contribution is -2.21. The molecule has 0 saturated heterocycles. The molecule has 120 valence electrons. The Morgan fingerprint density at radius 2 is 1.87 bits per heavy atom. The molecule has 1 amide bonds. The van der Waals surface area contributed by atoms with E-state index in [2.05, 4.69) is 5.32 Å². The third-order valence-corrected chi connectivity index (χ3v) is 3.36. The Bertz CT molecular complexity index is 744. The molecule has 0 aromatic heterocycles. The van der Waals surface area contributed by atoms with Gasteiger partial charge in [0.2, 0.25) is 0 Å². The number of nitrogens with one attached hydrogen (secondary N) is 1. The van der Waals surface area contributed by atoms with Crippen molar-refractivity contribution in [2.24, 2.45) is 0 Å². The van der Waals surface area contributed by atoms with Crippen molar-refractivity contribution in [3.05, 3.63) is 63.5 Å². The van der Waals surface area contributed by atoms with E-state index in [0.29, 0.717) is 11.3 Å². The van der Waals surface area contributed by atoms with Crippen LogP contribution in [0.25, 0.3) is 0 Å². The summed E-state index contributed by atoms with van der Waals surface area (Å²) in [6.07, 6.45) is 0. The van der Waals surface area contributed by atoms with Gasteiger partial charge < -0.3 is 10.1 Å². The Labute approximate surface area is 132 Å². The lowest BCUT2D eigenvalue weighted by atomic mass is 10.1. The van der Waals surface area contributed by atoms with Crippen LogP contribution in [0.1, 0.15) is 11.1 Å². The number of carbonyl (C=O) groups excluding carboxylic acids is 1. The predicted molar refractivity (Wildman–Crippen MR) is 83.1 cm³/mol. The number of hydrogen-bond donors (Lipinski definition) is 1. The zero-order valence-corrected chi connectivity index (χ0v) is 12.6. The fourth-order valence-electron chi connectivity index (χ4n) is 1.97. The quantitative estimate of drug-likeness (QED) is 0.677. The number of nitro groups is 1. The number of aryl methyl sites for hydroxylation is 1. The van der Waals surface area contributed by atoms with Gasteiger partial charge in [-0.1, -0.05) is 6.07 Å². The van der Waals surface area contributed by atoms with E-state index in [0.717, 1.165) is 5.56 Å². The highest BCUT2D eigenvalue weighted by Gasteiger charge is 2.19. The maximum Gasteiger partial charge on any atom is 0.293 e. The van der Waals surface area contributed by atoms with E-state index in [1.807, 2.05) is 0 Å². The molecular formula is C16H15FN2O4. The monoisotopic (exact) mass is 318 g/mol. The number of rotatable bonds is 5. The van der Waals surface area contributed by atoms with Gasteiger partial charge in [-0.3, -0.25) is 14.9 Å². The second kappa shape index (κ2) is 6.87. The molecule has 0 bridgehead atoms. The first-order valence-corrected chi connectivity index (χ1v) is 6.81. The van der Waals surface area contributed by atoms with Crippen molar-refractivity contribution in [1.29, 1.82) is 0 Å². The van der Waals surface area contributed by atoms with Crippen molar-refractivity contribution >= 4 is 17.3 Å². The van der Waals surface area contributed by atoms with Crippen LogP contribution in [0.2, 0.25) is 0 Å². The van der Waals surface area contributed by atoms with Crippen molar-refractivity contribution in [1.82, 2.24) is 0 Å². The van der Waals surface area contributed by atoms with E-state index in [1.54, 1.807) is 19.9 Å². The smallest absolute Gasteiger partial charge is 0.293 e. The van der Waals surface area contributed by atoms with E-state index >= 15 is 0 Å². The third kappa shape index (κ3) is 4.03. The zero-order chi connectivity index (χ0) is 17.0. The molecule has 0 fully saturated rings. The normalized spacial score (nSPS) is 10.2. The van der Waals surface area contributed by atoms with Crippen molar-refractivity contribution in [3.8, 4) is 5.75 Å². The predicted octanol–water partition coefficient (Wildman–Crippen LogP) is 3.37. The van der Waals surface area contributed by atoms with Crippen LogP contribution in [-0.4, -0.2) is 17.4 Å². The fourth-order valence-corrected chi connectivity index (χ4v) is 1.97. The Hall–Kier alpha value is -2.96. The molecule has 23 heavy (non-hydrogen) atoms. The number of carbonyl (C=O) groups is 1. The minimum absolute atomic E-state index is 0.155. The van der Waals surface area contributed by atoms with Crippen LogP contribution in [0.3, 0.4) is 0 Å². The number of ether oxygens (including phenoxy) is 1. The Morgan fingerprint density at radius 1 is 1.22 bits per heavy atom. The highest BCUT2D eigenvalue weighted by atomic mass is 19.1. The van der Waals surface area contributed by atoms with Crippen LogP contribution in [0.15, 0.2) is 36.4 Å². The maximum atomic E-state index is 12.8. The summed E-state index contributed by atoms with van der Waals surface area (Å²) in [5, 5.41) is 13.6. The Morgan fingerprint density at radius 3 is 2.48 bits per heavy atom. The van der Waals surface area contributed by atoms with Gasteiger partial charge >= 0.3 is 0 Å². The SMILES string of the molecule is Cc1ccc([N+](=O)[O-])c(NC(=O)COc2ccc(F)cc2)c1C. The largest absolute Gasteiger partial charge is 0.484 e. The van der Waals surface area contributed by atoms with Gasteiger partial charge in [-0.15, -0.1) is 0 Å². The van der Waals surface area contributed by atoms with Crippen LogP contribution >= 0.6 is 0 Å². The number of hydrogen-bond acceptors (Lipinski definition) is 4. The minimum Gasteiger partial charge on any atom is -0.484 e. The molecule has 2 aromatic rings. The average Bonchev–Trinajstić information content (AvgIpc) is 2.51. The third-order valence-electron chi connectivity index (χ3n) is 3.36. The summed E-state index contributed by atoms with van der Waals surface area (Å²) in [5.41, 5.74) is 1.42. The molecular weight excluding hydrogens is 303 g/mol. The summed E-state index contributed by atoms with van der Waals surface area (Å²) >= 11 is 0. The summed E-state index contributed by atoms with van der Waals surface area (Å²) in [6, 6.07) is 8.18. The number of nitro benzene ring substituents is 1. The van der Waals surface area contributed by atoms with Crippen molar-refractivity contribution in [2.45, 2.75) is 13.8 Å². The molecule has 0 aliphatic carbocycles. The number of halogens is 1.